The molecule has 100 valence electrons. The minimum Gasteiger partial charge on any atom is -0.373 e. The Morgan fingerprint density at radius 1 is 1.28 bits per heavy atom. The summed E-state index contributed by atoms with van der Waals surface area (Å²) in [7, 11) is 1.89. The first-order valence-corrected chi connectivity index (χ1v) is 7.01. The van der Waals surface area contributed by atoms with Crippen molar-refractivity contribution >= 4 is 11.6 Å². The highest BCUT2D eigenvalue weighted by Gasteiger charge is 2.20. The highest BCUT2D eigenvalue weighted by Crippen LogP contribution is 2.28. The fraction of sp³-hybridized carbons (Fsp3) is 0.714. The fourth-order valence-corrected chi connectivity index (χ4v) is 2.77. The molecule has 2 N–H and O–H groups in total. The van der Waals surface area contributed by atoms with Crippen molar-refractivity contribution in [2.75, 3.05) is 17.7 Å². The van der Waals surface area contributed by atoms with Crippen LogP contribution in [0.15, 0.2) is 6.07 Å². The molecule has 2 atom stereocenters. The second-order valence-corrected chi connectivity index (χ2v) is 5.22. The number of hydrogen-bond acceptors (Lipinski definition) is 4. The summed E-state index contributed by atoms with van der Waals surface area (Å²) >= 11 is 0. The van der Waals surface area contributed by atoms with Crippen molar-refractivity contribution in [2.45, 2.75) is 52.0 Å². The summed E-state index contributed by atoms with van der Waals surface area (Å²) < 4.78 is 0. The van der Waals surface area contributed by atoms with Gasteiger partial charge < -0.3 is 10.6 Å². The third-order valence-electron chi connectivity index (χ3n) is 3.81. The largest absolute Gasteiger partial charge is 0.373 e. The molecule has 1 aliphatic rings. The van der Waals surface area contributed by atoms with Gasteiger partial charge in [-0.2, -0.15) is 0 Å². The van der Waals surface area contributed by atoms with Crippen molar-refractivity contribution in [3.63, 3.8) is 0 Å². The van der Waals surface area contributed by atoms with E-state index in [2.05, 4.69) is 27.5 Å². The highest BCUT2D eigenvalue weighted by atomic mass is 15.1. The first-order chi connectivity index (χ1) is 8.71. The van der Waals surface area contributed by atoms with Gasteiger partial charge in [0.05, 0.1) is 0 Å². The lowest BCUT2D eigenvalue weighted by Crippen LogP contribution is -2.27. The summed E-state index contributed by atoms with van der Waals surface area (Å²) in [6.45, 7) is 4.22. The van der Waals surface area contributed by atoms with Crippen LogP contribution in [-0.2, 0) is 0 Å². The standard InChI is InChI=1S/C14H24N4/c1-4-11-6-5-7-12(8-11)18-14-9-13(15-3)16-10(2)17-14/h9,11-12H,4-8H2,1-3H3,(H2,15,16,17,18). The Labute approximate surface area is 110 Å². The maximum absolute atomic E-state index is 4.46. The number of nitrogens with one attached hydrogen (secondary N) is 2. The molecule has 18 heavy (non-hydrogen) atoms. The van der Waals surface area contributed by atoms with Crippen molar-refractivity contribution in [1.82, 2.24) is 9.97 Å². The SMILES string of the molecule is CCC1CCCC(Nc2cc(NC)nc(C)n2)C1. The van der Waals surface area contributed by atoms with E-state index < -0.39 is 0 Å². The molecule has 0 radical (unpaired) electrons. The van der Waals surface area contributed by atoms with Gasteiger partial charge in [-0.25, -0.2) is 9.97 Å². The zero-order valence-corrected chi connectivity index (χ0v) is 11.7. The number of aryl methyl sites for hydroxylation is 1. The first kappa shape index (κ1) is 13.1. The lowest BCUT2D eigenvalue weighted by atomic mass is 9.84. The van der Waals surface area contributed by atoms with Gasteiger partial charge in [-0.3, -0.25) is 0 Å². The molecule has 1 fully saturated rings. The number of nitrogens with zero attached hydrogens (tertiary/aromatic N) is 2. The molecule has 4 heteroatoms. The van der Waals surface area contributed by atoms with E-state index in [1.165, 1.54) is 32.1 Å². The van der Waals surface area contributed by atoms with Crippen molar-refractivity contribution in [2.24, 2.45) is 5.92 Å². The quantitative estimate of drug-likeness (QED) is 0.859. The van der Waals surface area contributed by atoms with Crippen molar-refractivity contribution in [3.8, 4) is 0 Å². The lowest BCUT2D eigenvalue weighted by Gasteiger charge is -2.29. The number of aromatic nitrogens is 2. The average Bonchev–Trinajstić information content (AvgIpc) is 2.38. The summed E-state index contributed by atoms with van der Waals surface area (Å²) in [6, 6.07) is 2.56. The zero-order chi connectivity index (χ0) is 13.0. The highest BCUT2D eigenvalue weighted by molar-refractivity contribution is 5.47. The third-order valence-corrected chi connectivity index (χ3v) is 3.81. The van der Waals surface area contributed by atoms with E-state index in [0.29, 0.717) is 6.04 Å². The second-order valence-electron chi connectivity index (χ2n) is 5.22. The lowest BCUT2D eigenvalue weighted by molar-refractivity contribution is 0.327. The molecule has 0 aromatic carbocycles. The molecule has 1 aromatic heterocycles. The predicted octanol–water partition coefficient (Wildman–Crippen LogP) is 3.21. The van der Waals surface area contributed by atoms with E-state index >= 15 is 0 Å². The average molecular weight is 248 g/mol. The normalized spacial score (nSPS) is 23.7. The molecule has 0 amide bonds. The predicted molar refractivity (Wildman–Crippen MR) is 76.0 cm³/mol. The minimum absolute atomic E-state index is 0.572. The van der Waals surface area contributed by atoms with Crippen LogP contribution in [0.1, 0.15) is 44.9 Å². The summed E-state index contributed by atoms with van der Waals surface area (Å²) in [5.41, 5.74) is 0. The smallest absolute Gasteiger partial charge is 0.132 e. The monoisotopic (exact) mass is 248 g/mol. The Morgan fingerprint density at radius 2 is 2.06 bits per heavy atom. The maximum atomic E-state index is 4.46. The van der Waals surface area contributed by atoms with Crippen LogP contribution >= 0.6 is 0 Å². The molecule has 2 rings (SSSR count). The summed E-state index contributed by atoms with van der Waals surface area (Å²) in [6.07, 6.45) is 6.55. The Morgan fingerprint density at radius 3 is 2.78 bits per heavy atom. The van der Waals surface area contributed by atoms with Crippen LogP contribution in [0.3, 0.4) is 0 Å². The van der Waals surface area contributed by atoms with E-state index in [0.717, 1.165) is 23.4 Å². The Balaban J connectivity index is 2.02. The van der Waals surface area contributed by atoms with Gasteiger partial charge in [0.25, 0.3) is 0 Å². The molecule has 2 unspecified atom stereocenters. The van der Waals surface area contributed by atoms with Crippen LogP contribution in [0.4, 0.5) is 11.6 Å². The van der Waals surface area contributed by atoms with Crippen LogP contribution in [0.25, 0.3) is 0 Å². The van der Waals surface area contributed by atoms with E-state index in [4.69, 9.17) is 0 Å². The van der Waals surface area contributed by atoms with Crippen LogP contribution in [0, 0.1) is 12.8 Å². The number of hydrogen-bond donors (Lipinski definition) is 2. The van der Waals surface area contributed by atoms with Crippen molar-refractivity contribution in [1.29, 1.82) is 0 Å². The fourth-order valence-electron chi connectivity index (χ4n) is 2.77. The molecule has 0 saturated heterocycles. The molecule has 1 heterocycles. The Bertz CT molecular complexity index is 391. The van der Waals surface area contributed by atoms with E-state index in [1.807, 2.05) is 20.0 Å². The van der Waals surface area contributed by atoms with E-state index in [1.54, 1.807) is 0 Å². The van der Waals surface area contributed by atoms with Gasteiger partial charge in [0.1, 0.15) is 17.5 Å². The van der Waals surface area contributed by atoms with Crippen LogP contribution in [0.2, 0.25) is 0 Å². The van der Waals surface area contributed by atoms with Crippen LogP contribution in [0.5, 0.6) is 0 Å². The number of anilines is 2. The molecule has 0 spiro atoms. The molecule has 0 bridgehead atoms. The Kier molecular flexibility index (Phi) is 4.39. The minimum atomic E-state index is 0.572. The topological polar surface area (TPSA) is 49.8 Å². The van der Waals surface area contributed by atoms with Crippen LogP contribution < -0.4 is 10.6 Å². The summed E-state index contributed by atoms with van der Waals surface area (Å²) in [5, 5.41) is 6.64. The second kappa shape index (κ2) is 6.03. The van der Waals surface area contributed by atoms with E-state index in [9.17, 15) is 0 Å². The molecule has 1 aromatic rings. The van der Waals surface area contributed by atoms with Gasteiger partial charge in [0.15, 0.2) is 0 Å². The van der Waals surface area contributed by atoms with Gasteiger partial charge in [0.2, 0.25) is 0 Å². The molecular weight excluding hydrogens is 224 g/mol. The van der Waals surface area contributed by atoms with Crippen molar-refractivity contribution in [3.05, 3.63) is 11.9 Å². The molecular formula is C14H24N4. The molecule has 4 nitrogen and oxygen atoms in total. The summed E-state index contributed by atoms with van der Waals surface area (Å²) in [4.78, 5) is 8.78. The Hall–Kier alpha value is -1.32. The number of rotatable bonds is 4. The third kappa shape index (κ3) is 3.34. The molecule has 1 aliphatic carbocycles. The van der Waals surface area contributed by atoms with Crippen molar-refractivity contribution < 1.29 is 0 Å². The van der Waals surface area contributed by atoms with Gasteiger partial charge in [-0.05, 0) is 25.7 Å². The van der Waals surface area contributed by atoms with Gasteiger partial charge in [-0.15, -0.1) is 0 Å². The molecule has 1 saturated carbocycles. The maximum Gasteiger partial charge on any atom is 0.132 e. The molecule has 0 aliphatic heterocycles. The van der Waals surface area contributed by atoms with Gasteiger partial charge >= 0.3 is 0 Å². The van der Waals surface area contributed by atoms with Gasteiger partial charge in [0, 0.05) is 19.2 Å². The van der Waals surface area contributed by atoms with Gasteiger partial charge in [-0.1, -0.05) is 26.2 Å². The van der Waals surface area contributed by atoms with Crippen LogP contribution in [-0.4, -0.2) is 23.1 Å². The van der Waals surface area contributed by atoms with E-state index in [-0.39, 0.29) is 0 Å². The zero-order valence-electron chi connectivity index (χ0n) is 11.7. The first-order valence-electron chi connectivity index (χ1n) is 7.01. The summed E-state index contributed by atoms with van der Waals surface area (Å²) in [5.74, 6) is 3.52.